The molecular weight excluding hydrogens is 302 g/mol. The van der Waals surface area contributed by atoms with Crippen molar-refractivity contribution in [2.24, 2.45) is 5.92 Å². The summed E-state index contributed by atoms with van der Waals surface area (Å²) in [5.74, 6) is 0.730. The van der Waals surface area contributed by atoms with Crippen LogP contribution in [0.3, 0.4) is 0 Å². The van der Waals surface area contributed by atoms with Gasteiger partial charge in [0.2, 0.25) is 0 Å². The smallest absolute Gasteiger partial charge is 0.255 e. The number of hydrogen-bond donors (Lipinski definition) is 2. The zero-order valence-corrected chi connectivity index (χ0v) is 13.7. The molecular formula is C17H24ClNO3. The van der Waals surface area contributed by atoms with Crippen LogP contribution in [0.25, 0.3) is 0 Å². The highest BCUT2D eigenvalue weighted by molar-refractivity contribution is 6.31. The molecule has 0 radical (unpaired) electrons. The molecule has 0 aliphatic heterocycles. The number of ether oxygens (including phenoxy) is 1. The van der Waals surface area contributed by atoms with E-state index in [4.69, 9.17) is 16.3 Å². The maximum absolute atomic E-state index is 12.4. The molecule has 1 amide bonds. The van der Waals surface area contributed by atoms with Gasteiger partial charge in [0.25, 0.3) is 5.91 Å². The minimum Gasteiger partial charge on any atom is -0.493 e. The summed E-state index contributed by atoms with van der Waals surface area (Å²) in [7, 11) is 0. The lowest BCUT2D eigenvalue weighted by Gasteiger charge is -2.26. The topological polar surface area (TPSA) is 58.6 Å². The van der Waals surface area contributed by atoms with E-state index in [1.165, 1.54) is 0 Å². The van der Waals surface area contributed by atoms with E-state index < -0.39 is 0 Å². The quantitative estimate of drug-likeness (QED) is 0.842. The largest absolute Gasteiger partial charge is 0.493 e. The normalized spacial score (nSPS) is 21.4. The van der Waals surface area contributed by atoms with Gasteiger partial charge < -0.3 is 15.2 Å². The molecule has 2 rings (SSSR count). The molecule has 5 heteroatoms. The monoisotopic (exact) mass is 325 g/mol. The first-order chi connectivity index (χ1) is 10.6. The van der Waals surface area contributed by atoms with E-state index in [2.05, 4.69) is 5.32 Å². The summed E-state index contributed by atoms with van der Waals surface area (Å²) >= 11 is 5.99. The predicted molar refractivity (Wildman–Crippen MR) is 87.5 cm³/mol. The molecule has 1 aliphatic rings. The van der Waals surface area contributed by atoms with Gasteiger partial charge in [-0.2, -0.15) is 0 Å². The third kappa shape index (κ3) is 4.89. The molecule has 0 spiro atoms. The second-order valence-electron chi connectivity index (χ2n) is 5.89. The Kier molecular flexibility index (Phi) is 6.52. The fourth-order valence-electron chi connectivity index (χ4n) is 2.80. The Balaban J connectivity index is 1.97. The Bertz CT molecular complexity index is 507. The van der Waals surface area contributed by atoms with Crippen molar-refractivity contribution in [2.45, 2.75) is 45.1 Å². The second-order valence-corrected chi connectivity index (χ2v) is 6.32. The van der Waals surface area contributed by atoms with Gasteiger partial charge in [-0.3, -0.25) is 4.79 Å². The third-order valence-electron chi connectivity index (χ3n) is 3.95. The van der Waals surface area contributed by atoms with Gasteiger partial charge in [0.15, 0.2) is 0 Å². The number of hydrogen-bond acceptors (Lipinski definition) is 3. The number of aliphatic hydroxyl groups is 1. The van der Waals surface area contributed by atoms with Crippen LogP contribution in [0.15, 0.2) is 18.2 Å². The fourth-order valence-corrected chi connectivity index (χ4v) is 2.97. The lowest BCUT2D eigenvalue weighted by molar-refractivity contribution is 0.0871. The van der Waals surface area contributed by atoms with Crippen LogP contribution in [0.2, 0.25) is 5.02 Å². The van der Waals surface area contributed by atoms with Gasteiger partial charge in [-0.25, -0.2) is 0 Å². The summed E-state index contributed by atoms with van der Waals surface area (Å²) in [5, 5.41) is 13.1. The molecule has 22 heavy (non-hydrogen) atoms. The van der Waals surface area contributed by atoms with Crippen molar-refractivity contribution in [3.63, 3.8) is 0 Å². The molecule has 2 atom stereocenters. The summed E-state index contributed by atoms with van der Waals surface area (Å²) in [4.78, 5) is 12.4. The minimum atomic E-state index is -0.231. The number of halogens is 1. The summed E-state index contributed by atoms with van der Waals surface area (Å²) in [5.41, 5.74) is 0.470. The molecule has 1 saturated carbocycles. The van der Waals surface area contributed by atoms with Gasteiger partial charge in [0, 0.05) is 11.6 Å². The lowest BCUT2D eigenvalue weighted by Crippen LogP contribution is -2.33. The molecule has 2 unspecified atom stereocenters. The molecule has 1 aliphatic carbocycles. The minimum absolute atomic E-state index is 0.173. The van der Waals surface area contributed by atoms with E-state index >= 15 is 0 Å². The molecule has 1 aromatic rings. The van der Waals surface area contributed by atoms with Crippen molar-refractivity contribution in [1.29, 1.82) is 0 Å². The van der Waals surface area contributed by atoms with Crippen LogP contribution in [-0.2, 0) is 0 Å². The molecule has 1 fully saturated rings. The average molecular weight is 326 g/mol. The fraction of sp³-hybridized carbons (Fsp3) is 0.588. The van der Waals surface area contributed by atoms with Crippen molar-refractivity contribution in [2.75, 3.05) is 13.2 Å². The van der Waals surface area contributed by atoms with Crippen LogP contribution in [0.5, 0.6) is 5.75 Å². The highest BCUT2D eigenvalue weighted by Gasteiger charge is 2.21. The number of aliphatic hydroxyl groups excluding tert-OH is 1. The van der Waals surface area contributed by atoms with Crippen molar-refractivity contribution < 1.29 is 14.6 Å². The van der Waals surface area contributed by atoms with Crippen LogP contribution < -0.4 is 10.1 Å². The lowest BCUT2D eigenvalue weighted by atomic mass is 9.87. The van der Waals surface area contributed by atoms with Gasteiger partial charge in [-0.05, 0) is 49.8 Å². The van der Waals surface area contributed by atoms with Crippen LogP contribution >= 0.6 is 11.6 Å². The van der Waals surface area contributed by atoms with E-state index in [9.17, 15) is 9.90 Å². The molecule has 4 nitrogen and oxygen atoms in total. The molecule has 1 aromatic carbocycles. The first kappa shape index (κ1) is 17.1. The van der Waals surface area contributed by atoms with Crippen molar-refractivity contribution in [3.05, 3.63) is 28.8 Å². The highest BCUT2D eigenvalue weighted by atomic mass is 35.5. The van der Waals surface area contributed by atoms with E-state index in [0.29, 0.717) is 35.4 Å². The zero-order chi connectivity index (χ0) is 15.9. The van der Waals surface area contributed by atoms with Crippen LogP contribution in [0.4, 0.5) is 0 Å². The van der Waals surface area contributed by atoms with E-state index in [0.717, 1.165) is 32.1 Å². The molecule has 0 heterocycles. The first-order valence-corrected chi connectivity index (χ1v) is 8.36. The third-order valence-corrected chi connectivity index (χ3v) is 4.19. The standard InChI is InChI=1S/C17H24ClNO3/c1-2-8-22-16-7-6-13(18)10-15(16)17(21)19-11-12-4-3-5-14(20)9-12/h6-7,10,12,14,20H,2-5,8-9,11H2,1H3,(H,19,21). The summed E-state index contributed by atoms with van der Waals surface area (Å²) < 4.78 is 5.61. The molecule has 0 aromatic heterocycles. The number of amides is 1. The Morgan fingerprint density at radius 3 is 3.00 bits per heavy atom. The summed E-state index contributed by atoms with van der Waals surface area (Å²) in [6.45, 7) is 3.16. The molecule has 0 bridgehead atoms. The van der Waals surface area contributed by atoms with Crippen molar-refractivity contribution in [1.82, 2.24) is 5.32 Å². The Morgan fingerprint density at radius 1 is 1.45 bits per heavy atom. The first-order valence-electron chi connectivity index (χ1n) is 7.98. The summed E-state index contributed by atoms with van der Waals surface area (Å²) in [6, 6.07) is 5.09. The number of benzene rings is 1. The van der Waals surface area contributed by atoms with Gasteiger partial charge in [0.05, 0.1) is 18.3 Å². The maximum atomic E-state index is 12.4. The number of carbonyl (C=O) groups is 1. The SMILES string of the molecule is CCCOc1ccc(Cl)cc1C(=O)NCC1CCCC(O)C1. The van der Waals surface area contributed by atoms with Crippen LogP contribution in [0.1, 0.15) is 49.4 Å². The van der Waals surface area contributed by atoms with Gasteiger partial charge >= 0.3 is 0 Å². The van der Waals surface area contributed by atoms with Gasteiger partial charge in [-0.1, -0.05) is 24.9 Å². The van der Waals surface area contributed by atoms with Crippen molar-refractivity contribution >= 4 is 17.5 Å². The average Bonchev–Trinajstić information content (AvgIpc) is 2.51. The Hall–Kier alpha value is -1.26. The van der Waals surface area contributed by atoms with Gasteiger partial charge in [0.1, 0.15) is 5.75 Å². The number of carbonyl (C=O) groups excluding carboxylic acids is 1. The van der Waals surface area contributed by atoms with E-state index in [1.807, 2.05) is 6.92 Å². The van der Waals surface area contributed by atoms with Gasteiger partial charge in [-0.15, -0.1) is 0 Å². The van der Waals surface area contributed by atoms with Crippen LogP contribution in [0, 0.1) is 5.92 Å². The molecule has 122 valence electrons. The van der Waals surface area contributed by atoms with E-state index in [1.54, 1.807) is 18.2 Å². The summed E-state index contributed by atoms with van der Waals surface area (Å²) in [6.07, 6.45) is 4.34. The number of nitrogens with one attached hydrogen (secondary N) is 1. The highest BCUT2D eigenvalue weighted by Crippen LogP contribution is 2.25. The zero-order valence-electron chi connectivity index (χ0n) is 13.0. The Labute approximate surface area is 136 Å². The Morgan fingerprint density at radius 2 is 2.27 bits per heavy atom. The molecule has 0 saturated heterocycles. The second kappa shape index (κ2) is 8.39. The molecule has 2 N–H and O–H groups in total. The van der Waals surface area contributed by atoms with E-state index in [-0.39, 0.29) is 12.0 Å². The van der Waals surface area contributed by atoms with Crippen LogP contribution in [-0.4, -0.2) is 30.3 Å². The maximum Gasteiger partial charge on any atom is 0.255 e. The number of rotatable bonds is 6. The predicted octanol–water partition coefficient (Wildman–Crippen LogP) is 3.41. The van der Waals surface area contributed by atoms with Crippen molar-refractivity contribution in [3.8, 4) is 5.75 Å².